The van der Waals surface area contributed by atoms with Gasteiger partial charge in [-0.25, -0.2) is 0 Å². The topological polar surface area (TPSA) is 55.5 Å². The van der Waals surface area contributed by atoms with Crippen molar-refractivity contribution in [2.24, 2.45) is 5.73 Å². The largest absolute Gasteiger partial charge is 0.504 e. The summed E-state index contributed by atoms with van der Waals surface area (Å²) in [5, 5.41) is 9.46. The van der Waals surface area contributed by atoms with Crippen LogP contribution in [0.1, 0.15) is 31.4 Å². The highest BCUT2D eigenvalue weighted by Gasteiger charge is 2.27. The minimum atomic E-state index is -4.21. The van der Waals surface area contributed by atoms with Crippen LogP contribution in [0.2, 0.25) is 0 Å². The maximum Gasteiger partial charge on any atom is 0.389 e. The van der Waals surface area contributed by atoms with Gasteiger partial charge in [-0.3, -0.25) is 0 Å². The normalized spacial score (nSPS) is 12.7. The van der Waals surface area contributed by atoms with Crippen molar-refractivity contribution in [1.29, 1.82) is 0 Å². The Morgan fingerprint density at radius 2 is 2.00 bits per heavy atom. The molecule has 19 heavy (non-hydrogen) atoms. The third kappa shape index (κ3) is 6.02. The fraction of sp³-hybridized carbons (Fsp3) is 0.500. The third-order valence-electron chi connectivity index (χ3n) is 2.45. The van der Waals surface area contributed by atoms with Crippen LogP contribution in [0.15, 0.2) is 18.2 Å². The van der Waals surface area contributed by atoms with Crippen molar-refractivity contribution in [3.05, 3.63) is 23.8 Å². The monoisotopic (exact) mass is 299 g/mol. The van der Waals surface area contributed by atoms with E-state index in [1.807, 2.05) is 0 Å². The molecular weight excluding hydrogens is 283 g/mol. The van der Waals surface area contributed by atoms with Gasteiger partial charge >= 0.3 is 6.18 Å². The molecule has 0 aliphatic carbocycles. The van der Waals surface area contributed by atoms with E-state index in [0.717, 1.165) is 0 Å². The van der Waals surface area contributed by atoms with Crippen molar-refractivity contribution < 1.29 is 23.0 Å². The first-order valence-corrected chi connectivity index (χ1v) is 5.61. The van der Waals surface area contributed by atoms with Gasteiger partial charge in [0.2, 0.25) is 0 Å². The summed E-state index contributed by atoms with van der Waals surface area (Å²) in [6.45, 7) is 2.10. The summed E-state index contributed by atoms with van der Waals surface area (Å²) < 4.78 is 41.4. The molecule has 0 amide bonds. The first-order chi connectivity index (χ1) is 8.33. The average Bonchev–Trinajstić information content (AvgIpc) is 2.28. The van der Waals surface area contributed by atoms with Crippen molar-refractivity contribution in [2.45, 2.75) is 32.0 Å². The quantitative estimate of drug-likeness (QED) is 0.874. The highest BCUT2D eigenvalue weighted by Crippen LogP contribution is 2.31. The van der Waals surface area contributed by atoms with E-state index in [9.17, 15) is 18.3 Å². The van der Waals surface area contributed by atoms with Crippen molar-refractivity contribution >= 4 is 12.4 Å². The Kier molecular flexibility index (Phi) is 7.00. The van der Waals surface area contributed by atoms with E-state index in [1.165, 1.54) is 18.2 Å². The van der Waals surface area contributed by atoms with Crippen molar-refractivity contribution in [3.63, 3.8) is 0 Å². The molecule has 0 aromatic heterocycles. The van der Waals surface area contributed by atoms with Gasteiger partial charge in [0.1, 0.15) is 0 Å². The number of rotatable bonds is 5. The molecule has 0 aliphatic heterocycles. The zero-order valence-electron chi connectivity index (χ0n) is 10.4. The van der Waals surface area contributed by atoms with Gasteiger partial charge in [-0.05, 0) is 31.0 Å². The van der Waals surface area contributed by atoms with Crippen LogP contribution < -0.4 is 10.5 Å². The maximum atomic E-state index is 12.1. The van der Waals surface area contributed by atoms with Crippen LogP contribution in [0.3, 0.4) is 0 Å². The molecule has 0 heterocycles. The van der Waals surface area contributed by atoms with Crippen LogP contribution in [0.4, 0.5) is 13.2 Å². The van der Waals surface area contributed by atoms with E-state index in [2.05, 4.69) is 0 Å². The summed E-state index contributed by atoms with van der Waals surface area (Å²) >= 11 is 0. The van der Waals surface area contributed by atoms with Crippen molar-refractivity contribution in [3.8, 4) is 11.5 Å². The number of aromatic hydroxyl groups is 1. The lowest BCUT2D eigenvalue weighted by Gasteiger charge is -2.15. The standard InChI is InChI=1S/C12H16F3NO2.ClH/c1-2-18-11-7-8(3-4-10(11)17)9(16)5-6-12(13,14)15;/h3-4,7,9,17H,2,5-6,16H2,1H3;1H/t9-;/m1./s1. The third-order valence-corrected chi connectivity index (χ3v) is 2.45. The number of hydrogen-bond acceptors (Lipinski definition) is 3. The van der Waals surface area contributed by atoms with Crippen LogP contribution in [-0.2, 0) is 0 Å². The van der Waals surface area contributed by atoms with E-state index in [0.29, 0.717) is 12.2 Å². The first-order valence-electron chi connectivity index (χ1n) is 5.61. The Hall–Kier alpha value is -1.14. The van der Waals surface area contributed by atoms with Gasteiger partial charge in [0, 0.05) is 12.5 Å². The zero-order valence-corrected chi connectivity index (χ0v) is 11.2. The lowest BCUT2D eigenvalue weighted by molar-refractivity contribution is -0.136. The molecule has 0 unspecified atom stereocenters. The molecular formula is C12H17ClF3NO2. The SMILES string of the molecule is CCOc1cc([C@H](N)CCC(F)(F)F)ccc1O.Cl. The molecule has 7 heteroatoms. The minimum absolute atomic E-state index is 0. The van der Waals surface area contributed by atoms with E-state index in [1.54, 1.807) is 6.92 Å². The van der Waals surface area contributed by atoms with Crippen LogP contribution in [0, 0.1) is 0 Å². The number of hydrogen-bond donors (Lipinski definition) is 2. The second kappa shape index (κ2) is 7.45. The highest BCUT2D eigenvalue weighted by molar-refractivity contribution is 5.85. The van der Waals surface area contributed by atoms with Gasteiger partial charge in [-0.15, -0.1) is 12.4 Å². The van der Waals surface area contributed by atoms with Crippen LogP contribution in [0.5, 0.6) is 11.5 Å². The molecule has 3 nitrogen and oxygen atoms in total. The summed E-state index contributed by atoms with van der Waals surface area (Å²) in [5.74, 6) is 0.182. The van der Waals surface area contributed by atoms with Gasteiger partial charge < -0.3 is 15.6 Å². The second-order valence-corrected chi connectivity index (χ2v) is 3.92. The van der Waals surface area contributed by atoms with Crippen LogP contribution >= 0.6 is 12.4 Å². The number of phenolic OH excluding ortho intramolecular Hbond substituents is 1. The fourth-order valence-corrected chi connectivity index (χ4v) is 1.52. The van der Waals surface area contributed by atoms with Gasteiger partial charge in [0.05, 0.1) is 6.61 Å². The van der Waals surface area contributed by atoms with E-state index >= 15 is 0 Å². The molecule has 110 valence electrons. The molecule has 0 aliphatic rings. The van der Waals surface area contributed by atoms with E-state index < -0.39 is 18.6 Å². The molecule has 0 saturated carbocycles. The van der Waals surface area contributed by atoms with Crippen molar-refractivity contribution in [1.82, 2.24) is 0 Å². The Morgan fingerprint density at radius 1 is 1.37 bits per heavy atom. The highest BCUT2D eigenvalue weighted by atomic mass is 35.5. The zero-order chi connectivity index (χ0) is 13.8. The van der Waals surface area contributed by atoms with E-state index in [-0.39, 0.29) is 30.3 Å². The number of benzene rings is 1. The molecule has 1 rings (SSSR count). The Labute approximate surface area is 116 Å². The number of ether oxygens (including phenoxy) is 1. The first kappa shape index (κ1) is 17.9. The predicted octanol–water partition coefficient (Wildman–Crippen LogP) is 3.56. The minimum Gasteiger partial charge on any atom is -0.504 e. The average molecular weight is 300 g/mol. The second-order valence-electron chi connectivity index (χ2n) is 3.92. The Bertz CT molecular complexity index is 399. The summed E-state index contributed by atoms with van der Waals surface area (Å²) in [7, 11) is 0. The molecule has 0 radical (unpaired) electrons. The predicted molar refractivity (Wildman–Crippen MR) is 68.7 cm³/mol. The fourth-order valence-electron chi connectivity index (χ4n) is 1.52. The molecule has 1 aromatic carbocycles. The lowest BCUT2D eigenvalue weighted by Crippen LogP contribution is -2.15. The molecule has 1 aromatic rings. The van der Waals surface area contributed by atoms with Crippen molar-refractivity contribution in [2.75, 3.05) is 6.61 Å². The van der Waals surface area contributed by atoms with E-state index in [4.69, 9.17) is 10.5 Å². The van der Waals surface area contributed by atoms with Gasteiger partial charge in [0.25, 0.3) is 0 Å². The summed E-state index contributed by atoms with van der Waals surface area (Å²) in [6.07, 6.45) is -5.34. The maximum absolute atomic E-state index is 12.1. The summed E-state index contributed by atoms with van der Waals surface area (Å²) in [5.41, 5.74) is 6.19. The van der Waals surface area contributed by atoms with Crippen LogP contribution in [0.25, 0.3) is 0 Å². The molecule has 1 atom stereocenters. The molecule has 0 spiro atoms. The molecule has 3 N–H and O–H groups in total. The Morgan fingerprint density at radius 3 is 2.53 bits per heavy atom. The molecule has 0 fully saturated rings. The molecule has 0 bridgehead atoms. The smallest absolute Gasteiger partial charge is 0.389 e. The number of phenols is 1. The summed E-state index contributed by atoms with van der Waals surface area (Å²) in [6, 6.07) is 3.61. The number of nitrogens with two attached hydrogens (primary N) is 1. The lowest BCUT2D eigenvalue weighted by atomic mass is 10.0. The van der Waals surface area contributed by atoms with Gasteiger partial charge in [-0.1, -0.05) is 6.07 Å². The number of halogens is 4. The Balaban J connectivity index is 0.00000324. The van der Waals surface area contributed by atoms with Crippen LogP contribution in [-0.4, -0.2) is 17.9 Å². The van der Waals surface area contributed by atoms with Gasteiger partial charge in [-0.2, -0.15) is 13.2 Å². The molecule has 0 saturated heterocycles. The number of alkyl halides is 3. The summed E-state index contributed by atoms with van der Waals surface area (Å²) in [4.78, 5) is 0. The van der Waals surface area contributed by atoms with Gasteiger partial charge in [0.15, 0.2) is 11.5 Å².